The predicted molar refractivity (Wildman–Crippen MR) is 105 cm³/mol. The number of amides is 1. The van der Waals surface area contributed by atoms with Crippen LogP contribution >= 0.6 is 11.6 Å². The average Bonchev–Trinajstić information content (AvgIpc) is 3.08. The van der Waals surface area contributed by atoms with E-state index in [1.54, 1.807) is 48.1 Å². The van der Waals surface area contributed by atoms with Crippen LogP contribution in [0.15, 0.2) is 48.8 Å². The third-order valence-corrected chi connectivity index (χ3v) is 4.30. The van der Waals surface area contributed by atoms with E-state index in [1.165, 1.54) is 0 Å². The molecule has 2 aromatic carbocycles. The van der Waals surface area contributed by atoms with Gasteiger partial charge in [-0.25, -0.2) is 4.98 Å². The number of ether oxygens (including phenoxy) is 1. The van der Waals surface area contributed by atoms with E-state index in [0.717, 1.165) is 5.69 Å². The molecule has 3 aromatic rings. The summed E-state index contributed by atoms with van der Waals surface area (Å²) in [5.74, 6) is 0.567. The number of rotatable bonds is 7. The second-order valence-electron chi connectivity index (χ2n) is 5.92. The normalized spacial score (nSPS) is 10.5. The highest BCUT2D eigenvalue weighted by Gasteiger charge is 2.15. The fraction of sp³-hybridized carbons (Fsp3) is 0.150. The van der Waals surface area contributed by atoms with Gasteiger partial charge in [0.2, 0.25) is 0 Å². The van der Waals surface area contributed by atoms with Crippen LogP contribution in [-0.2, 0) is 0 Å². The van der Waals surface area contributed by atoms with Crippen LogP contribution < -0.4 is 10.1 Å². The number of carbonyl (C=O) groups excluding carboxylic acids is 2. The van der Waals surface area contributed by atoms with E-state index in [4.69, 9.17) is 21.4 Å². The van der Waals surface area contributed by atoms with Gasteiger partial charge < -0.3 is 19.7 Å². The molecule has 1 aromatic heterocycles. The van der Waals surface area contributed by atoms with Crippen molar-refractivity contribution in [2.45, 2.75) is 6.92 Å². The second-order valence-corrected chi connectivity index (χ2v) is 6.36. The van der Waals surface area contributed by atoms with Crippen molar-refractivity contribution >= 4 is 23.8 Å². The molecule has 0 saturated carbocycles. The fourth-order valence-corrected chi connectivity index (χ4v) is 2.80. The smallest absolute Gasteiger partial charge is 0.271 e. The van der Waals surface area contributed by atoms with E-state index in [9.17, 15) is 9.59 Å². The van der Waals surface area contributed by atoms with Crippen LogP contribution in [0, 0.1) is 6.92 Å². The minimum atomic E-state index is -0.340. The van der Waals surface area contributed by atoms with E-state index in [-0.39, 0.29) is 19.1 Å². The van der Waals surface area contributed by atoms with Crippen LogP contribution in [-0.4, -0.2) is 40.0 Å². The molecule has 0 aliphatic carbocycles. The first kappa shape index (κ1) is 19.6. The number of aliphatic hydroxyl groups is 1. The molecule has 7 nitrogen and oxygen atoms in total. The Morgan fingerprint density at radius 3 is 2.71 bits per heavy atom. The van der Waals surface area contributed by atoms with Gasteiger partial charge in [0, 0.05) is 23.3 Å². The Morgan fingerprint density at radius 2 is 2.04 bits per heavy atom. The first-order valence-corrected chi connectivity index (χ1v) is 8.87. The Bertz CT molecular complexity index is 999. The Kier molecular flexibility index (Phi) is 6.08. The van der Waals surface area contributed by atoms with Gasteiger partial charge in [0.05, 0.1) is 17.9 Å². The fourth-order valence-electron chi connectivity index (χ4n) is 2.64. The summed E-state index contributed by atoms with van der Waals surface area (Å²) in [6.07, 6.45) is 2.26. The molecular weight excluding hydrogens is 382 g/mol. The summed E-state index contributed by atoms with van der Waals surface area (Å²) in [4.78, 5) is 27.4. The molecule has 1 heterocycles. The van der Waals surface area contributed by atoms with Crippen LogP contribution in [0.1, 0.15) is 26.5 Å². The van der Waals surface area contributed by atoms with Crippen LogP contribution in [0.2, 0.25) is 5.02 Å². The van der Waals surface area contributed by atoms with E-state index >= 15 is 0 Å². The Hall–Kier alpha value is -3.16. The van der Waals surface area contributed by atoms with E-state index in [1.807, 2.05) is 12.1 Å². The summed E-state index contributed by atoms with van der Waals surface area (Å²) in [6.45, 7) is 1.82. The van der Waals surface area contributed by atoms with Crippen LogP contribution in [0.4, 0.5) is 0 Å². The zero-order valence-electron chi connectivity index (χ0n) is 15.1. The molecule has 0 saturated heterocycles. The number of carbonyl (C=O) groups is 2. The molecule has 0 bridgehead atoms. The minimum absolute atomic E-state index is 0.134. The van der Waals surface area contributed by atoms with Gasteiger partial charge in [0.25, 0.3) is 5.91 Å². The van der Waals surface area contributed by atoms with Crippen molar-refractivity contribution in [1.29, 1.82) is 0 Å². The van der Waals surface area contributed by atoms with E-state index in [0.29, 0.717) is 39.8 Å². The molecule has 0 spiro atoms. The largest absolute Gasteiger partial charge is 0.457 e. The Labute approximate surface area is 166 Å². The zero-order chi connectivity index (χ0) is 20.1. The van der Waals surface area contributed by atoms with Crippen molar-refractivity contribution < 1.29 is 19.4 Å². The SMILES string of the molecule is Cc1c(C(=O)NCCO)ncn1-c1ccc(Oc2cc(Cl)ccc2C=O)cc1. The topological polar surface area (TPSA) is 93.5 Å². The Balaban J connectivity index is 1.80. The van der Waals surface area contributed by atoms with Crippen molar-refractivity contribution in [3.8, 4) is 17.2 Å². The first-order chi connectivity index (χ1) is 13.5. The second kappa shape index (κ2) is 8.69. The van der Waals surface area contributed by atoms with Gasteiger partial charge in [-0.15, -0.1) is 0 Å². The molecule has 0 aliphatic rings. The van der Waals surface area contributed by atoms with Gasteiger partial charge in [0.1, 0.15) is 23.5 Å². The lowest BCUT2D eigenvalue weighted by molar-refractivity contribution is 0.0939. The third-order valence-electron chi connectivity index (χ3n) is 4.06. The number of nitrogens with zero attached hydrogens (tertiary/aromatic N) is 2. The molecule has 0 fully saturated rings. The molecular formula is C20H18ClN3O4. The number of halogens is 1. The highest BCUT2D eigenvalue weighted by molar-refractivity contribution is 6.30. The van der Waals surface area contributed by atoms with E-state index in [2.05, 4.69) is 10.3 Å². The highest BCUT2D eigenvalue weighted by Crippen LogP contribution is 2.28. The summed E-state index contributed by atoms with van der Waals surface area (Å²) in [5.41, 5.74) is 2.16. The number of aliphatic hydroxyl groups excluding tert-OH is 1. The number of aromatic nitrogens is 2. The predicted octanol–water partition coefficient (Wildman–Crippen LogP) is 3.16. The van der Waals surface area contributed by atoms with Crippen molar-refractivity contribution in [2.24, 2.45) is 0 Å². The standard InChI is InChI=1S/C20H18ClN3O4/c1-13-19(20(27)22-8-9-25)23-12-24(13)16-4-6-17(7-5-16)28-18-10-15(21)3-2-14(18)11-26/h2-7,10-12,25H,8-9H2,1H3,(H,22,27). The molecule has 0 aliphatic heterocycles. The number of imidazole rings is 1. The van der Waals surface area contributed by atoms with Crippen molar-refractivity contribution in [1.82, 2.24) is 14.9 Å². The van der Waals surface area contributed by atoms with Gasteiger partial charge in [0.15, 0.2) is 6.29 Å². The maximum absolute atomic E-state index is 12.1. The van der Waals surface area contributed by atoms with Crippen LogP contribution in [0.5, 0.6) is 11.5 Å². The van der Waals surface area contributed by atoms with Crippen molar-refractivity contribution in [3.05, 3.63) is 70.8 Å². The molecule has 1 amide bonds. The number of hydrogen-bond donors (Lipinski definition) is 2. The Morgan fingerprint density at radius 1 is 1.29 bits per heavy atom. The summed E-state index contributed by atoms with van der Waals surface area (Å²) in [6, 6.07) is 11.9. The van der Waals surface area contributed by atoms with Gasteiger partial charge in [-0.3, -0.25) is 9.59 Å². The molecule has 0 unspecified atom stereocenters. The molecule has 8 heteroatoms. The summed E-state index contributed by atoms with van der Waals surface area (Å²) < 4.78 is 7.53. The van der Waals surface area contributed by atoms with Gasteiger partial charge >= 0.3 is 0 Å². The minimum Gasteiger partial charge on any atom is -0.457 e. The van der Waals surface area contributed by atoms with Gasteiger partial charge in [-0.2, -0.15) is 0 Å². The quantitative estimate of drug-likeness (QED) is 0.595. The van der Waals surface area contributed by atoms with Crippen molar-refractivity contribution in [3.63, 3.8) is 0 Å². The first-order valence-electron chi connectivity index (χ1n) is 8.49. The number of nitrogens with one attached hydrogen (secondary N) is 1. The van der Waals surface area contributed by atoms with Crippen LogP contribution in [0.25, 0.3) is 5.69 Å². The lowest BCUT2D eigenvalue weighted by Crippen LogP contribution is -2.27. The van der Waals surface area contributed by atoms with E-state index < -0.39 is 0 Å². The summed E-state index contributed by atoms with van der Waals surface area (Å²) >= 11 is 5.97. The monoisotopic (exact) mass is 399 g/mol. The van der Waals surface area contributed by atoms with Gasteiger partial charge in [-0.1, -0.05) is 11.6 Å². The molecule has 28 heavy (non-hydrogen) atoms. The lowest BCUT2D eigenvalue weighted by atomic mass is 10.2. The van der Waals surface area contributed by atoms with Crippen molar-refractivity contribution in [2.75, 3.05) is 13.2 Å². The molecule has 0 radical (unpaired) electrons. The molecule has 144 valence electrons. The van der Waals surface area contributed by atoms with Crippen LogP contribution in [0.3, 0.4) is 0 Å². The van der Waals surface area contributed by atoms with Gasteiger partial charge in [-0.05, 0) is 43.3 Å². The molecule has 2 N–H and O–H groups in total. The summed E-state index contributed by atoms with van der Waals surface area (Å²) in [5, 5.41) is 11.9. The maximum atomic E-state index is 12.1. The number of benzene rings is 2. The third kappa shape index (κ3) is 4.21. The average molecular weight is 400 g/mol. The lowest BCUT2D eigenvalue weighted by Gasteiger charge is -2.10. The number of aldehydes is 1. The summed E-state index contributed by atoms with van der Waals surface area (Å²) in [7, 11) is 0. The number of hydrogen-bond acceptors (Lipinski definition) is 5. The maximum Gasteiger partial charge on any atom is 0.271 e. The zero-order valence-corrected chi connectivity index (χ0v) is 15.8. The molecule has 0 atom stereocenters. The molecule has 3 rings (SSSR count). The highest BCUT2D eigenvalue weighted by atomic mass is 35.5.